The van der Waals surface area contributed by atoms with Gasteiger partial charge in [-0.3, -0.25) is 0 Å². The molecule has 94 valence electrons. The highest BCUT2D eigenvalue weighted by Crippen LogP contribution is 2.15. The zero-order valence-corrected chi connectivity index (χ0v) is 11.0. The maximum atomic E-state index is 9.54. The molecule has 1 heterocycles. The van der Waals surface area contributed by atoms with Crippen LogP contribution in [0.2, 0.25) is 0 Å². The van der Waals surface area contributed by atoms with Crippen molar-refractivity contribution in [1.82, 2.24) is 9.97 Å². The first kappa shape index (κ1) is 12.7. The van der Waals surface area contributed by atoms with Crippen LogP contribution in [0.4, 0.5) is 0 Å². The monoisotopic (exact) mass is 242 g/mol. The SMILES string of the molecule is Cc1ccc(Cc2ncc([C@@H](C)O)c(C)n2)cc1. The molecule has 0 saturated heterocycles. The van der Waals surface area contributed by atoms with Crippen LogP contribution in [0.5, 0.6) is 0 Å². The van der Waals surface area contributed by atoms with Gasteiger partial charge in [0, 0.05) is 23.9 Å². The van der Waals surface area contributed by atoms with Crippen LogP contribution in [-0.4, -0.2) is 15.1 Å². The van der Waals surface area contributed by atoms with E-state index >= 15 is 0 Å². The molecule has 1 atom stereocenters. The molecule has 0 bridgehead atoms. The highest BCUT2D eigenvalue weighted by molar-refractivity contribution is 5.25. The maximum Gasteiger partial charge on any atom is 0.132 e. The Bertz CT molecular complexity index is 533. The molecule has 0 saturated carbocycles. The number of hydrogen-bond donors (Lipinski definition) is 1. The summed E-state index contributed by atoms with van der Waals surface area (Å²) in [5.41, 5.74) is 4.09. The van der Waals surface area contributed by atoms with Crippen LogP contribution in [-0.2, 0) is 6.42 Å². The van der Waals surface area contributed by atoms with Crippen molar-refractivity contribution in [1.29, 1.82) is 0 Å². The van der Waals surface area contributed by atoms with Crippen LogP contribution in [0, 0.1) is 13.8 Å². The minimum Gasteiger partial charge on any atom is -0.389 e. The Morgan fingerprint density at radius 3 is 2.39 bits per heavy atom. The second-order valence-electron chi connectivity index (χ2n) is 4.67. The zero-order chi connectivity index (χ0) is 13.1. The second-order valence-corrected chi connectivity index (χ2v) is 4.67. The fourth-order valence-electron chi connectivity index (χ4n) is 1.91. The minimum absolute atomic E-state index is 0.515. The standard InChI is InChI=1S/C15H18N2O/c1-10-4-6-13(7-5-10)8-15-16-9-14(12(3)18)11(2)17-15/h4-7,9,12,18H,8H2,1-3H3/t12-/m1/s1. The molecule has 3 nitrogen and oxygen atoms in total. The van der Waals surface area contributed by atoms with Gasteiger partial charge in [0.1, 0.15) is 5.82 Å². The molecule has 0 aliphatic carbocycles. The van der Waals surface area contributed by atoms with Gasteiger partial charge < -0.3 is 5.11 Å². The Labute approximate surface area is 108 Å². The van der Waals surface area contributed by atoms with Gasteiger partial charge in [0.2, 0.25) is 0 Å². The number of benzene rings is 1. The number of rotatable bonds is 3. The lowest BCUT2D eigenvalue weighted by atomic mass is 10.1. The molecular weight excluding hydrogens is 224 g/mol. The molecule has 2 aromatic rings. The van der Waals surface area contributed by atoms with Gasteiger partial charge in [-0.25, -0.2) is 9.97 Å². The summed E-state index contributed by atoms with van der Waals surface area (Å²) in [6.07, 6.45) is 1.93. The lowest BCUT2D eigenvalue weighted by Crippen LogP contribution is -2.04. The predicted molar refractivity (Wildman–Crippen MR) is 71.4 cm³/mol. The van der Waals surface area contributed by atoms with Crippen molar-refractivity contribution in [2.24, 2.45) is 0 Å². The number of aromatic nitrogens is 2. The first-order chi connectivity index (χ1) is 8.56. The molecule has 18 heavy (non-hydrogen) atoms. The van der Waals surface area contributed by atoms with E-state index in [1.807, 2.05) is 6.92 Å². The number of aliphatic hydroxyl groups excluding tert-OH is 1. The van der Waals surface area contributed by atoms with Gasteiger partial charge in [-0.15, -0.1) is 0 Å². The average Bonchev–Trinajstić information content (AvgIpc) is 2.32. The Morgan fingerprint density at radius 2 is 1.83 bits per heavy atom. The van der Waals surface area contributed by atoms with Crippen LogP contribution in [0.1, 0.15) is 41.2 Å². The van der Waals surface area contributed by atoms with Crippen molar-refractivity contribution in [3.63, 3.8) is 0 Å². The minimum atomic E-state index is -0.515. The number of aliphatic hydroxyl groups is 1. The fourth-order valence-corrected chi connectivity index (χ4v) is 1.91. The highest BCUT2D eigenvalue weighted by atomic mass is 16.3. The molecule has 0 amide bonds. The van der Waals surface area contributed by atoms with E-state index in [9.17, 15) is 5.11 Å². The topological polar surface area (TPSA) is 46.0 Å². The molecule has 3 heteroatoms. The van der Waals surface area contributed by atoms with Gasteiger partial charge in [-0.1, -0.05) is 29.8 Å². The highest BCUT2D eigenvalue weighted by Gasteiger charge is 2.08. The molecule has 0 unspecified atom stereocenters. The van der Waals surface area contributed by atoms with E-state index in [-0.39, 0.29) is 0 Å². The Kier molecular flexibility index (Phi) is 3.72. The van der Waals surface area contributed by atoms with Gasteiger partial charge in [-0.2, -0.15) is 0 Å². The largest absolute Gasteiger partial charge is 0.389 e. The van der Waals surface area contributed by atoms with Gasteiger partial charge in [0.05, 0.1) is 6.10 Å². The molecule has 0 spiro atoms. The van der Waals surface area contributed by atoms with Gasteiger partial charge in [-0.05, 0) is 26.3 Å². The summed E-state index contributed by atoms with van der Waals surface area (Å²) in [6.45, 7) is 5.70. The lowest BCUT2D eigenvalue weighted by Gasteiger charge is -2.09. The van der Waals surface area contributed by atoms with Gasteiger partial charge in [0.15, 0.2) is 0 Å². The summed E-state index contributed by atoms with van der Waals surface area (Å²) in [5, 5.41) is 9.54. The fraction of sp³-hybridized carbons (Fsp3) is 0.333. The van der Waals surface area contributed by atoms with Crippen LogP contribution in [0.15, 0.2) is 30.5 Å². The zero-order valence-electron chi connectivity index (χ0n) is 11.0. The van der Waals surface area contributed by atoms with Crippen LogP contribution >= 0.6 is 0 Å². The molecule has 0 radical (unpaired) electrons. The summed E-state index contributed by atoms with van der Waals surface area (Å²) in [4.78, 5) is 8.75. The smallest absolute Gasteiger partial charge is 0.132 e. The molecule has 0 aliphatic heterocycles. The van der Waals surface area contributed by atoms with Crippen molar-refractivity contribution in [3.05, 3.63) is 58.7 Å². The Morgan fingerprint density at radius 1 is 1.17 bits per heavy atom. The predicted octanol–water partition coefficient (Wildman–Crippen LogP) is 2.74. The number of aryl methyl sites for hydroxylation is 2. The van der Waals surface area contributed by atoms with E-state index in [2.05, 4.69) is 41.2 Å². The molecular formula is C15H18N2O. The molecule has 1 aromatic heterocycles. The van der Waals surface area contributed by atoms with Crippen LogP contribution in [0.25, 0.3) is 0 Å². The van der Waals surface area contributed by atoms with E-state index in [1.165, 1.54) is 11.1 Å². The molecule has 1 N–H and O–H groups in total. The first-order valence-corrected chi connectivity index (χ1v) is 6.12. The number of hydrogen-bond acceptors (Lipinski definition) is 3. The normalized spacial score (nSPS) is 12.4. The van der Waals surface area contributed by atoms with E-state index in [0.29, 0.717) is 0 Å². The van der Waals surface area contributed by atoms with E-state index in [4.69, 9.17) is 0 Å². The maximum absolute atomic E-state index is 9.54. The van der Waals surface area contributed by atoms with Crippen molar-refractivity contribution in [3.8, 4) is 0 Å². The molecule has 2 rings (SSSR count). The quantitative estimate of drug-likeness (QED) is 0.900. The third-order valence-corrected chi connectivity index (χ3v) is 3.00. The summed E-state index contributed by atoms with van der Waals surface area (Å²) in [6, 6.07) is 8.37. The van der Waals surface area contributed by atoms with E-state index in [0.717, 1.165) is 23.5 Å². The summed E-state index contributed by atoms with van der Waals surface area (Å²) in [7, 11) is 0. The number of nitrogens with zero attached hydrogens (tertiary/aromatic N) is 2. The third-order valence-electron chi connectivity index (χ3n) is 3.00. The van der Waals surface area contributed by atoms with Gasteiger partial charge in [0.25, 0.3) is 0 Å². The lowest BCUT2D eigenvalue weighted by molar-refractivity contribution is 0.197. The molecule has 0 aliphatic rings. The van der Waals surface area contributed by atoms with Crippen molar-refractivity contribution >= 4 is 0 Å². The van der Waals surface area contributed by atoms with E-state index < -0.39 is 6.10 Å². The van der Waals surface area contributed by atoms with E-state index in [1.54, 1.807) is 13.1 Å². The average molecular weight is 242 g/mol. The van der Waals surface area contributed by atoms with Crippen molar-refractivity contribution in [2.75, 3.05) is 0 Å². The van der Waals surface area contributed by atoms with Crippen LogP contribution in [0.3, 0.4) is 0 Å². The molecule has 1 aromatic carbocycles. The second kappa shape index (κ2) is 5.27. The summed E-state index contributed by atoms with van der Waals surface area (Å²) in [5.74, 6) is 0.792. The van der Waals surface area contributed by atoms with Crippen LogP contribution < -0.4 is 0 Å². The third kappa shape index (κ3) is 2.93. The molecule has 0 fully saturated rings. The summed E-state index contributed by atoms with van der Waals surface area (Å²) >= 11 is 0. The van der Waals surface area contributed by atoms with Gasteiger partial charge >= 0.3 is 0 Å². The van der Waals surface area contributed by atoms with Crippen molar-refractivity contribution in [2.45, 2.75) is 33.3 Å². The Balaban J connectivity index is 2.20. The Hall–Kier alpha value is -1.74. The van der Waals surface area contributed by atoms with Crippen molar-refractivity contribution < 1.29 is 5.11 Å². The summed E-state index contributed by atoms with van der Waals surface area (Å²) < 4.78 is 0. The first-order valence-electron chi connectivity index (χ1n) is 6.12.